The zero-order valence-corrected chi connectivity index (χ0v) is 18.3. The number of allylic oxidation sites excluding steroid dienone is 1. The second-order valence-electron chi connectivity index (χ2n) is 7.53. The molecule has 160 valence electrons. The van der Waals surface area contributed by atoms with E-state index in [0.29, 0.717) is 19.1 Å². The molecular formula is C20H37N5O2S. The van der Waals surface area contributed by atoms with Crippen molar-refractivity contribution in [2.45, 2.75) is 63.6 Å². The van der Waals surface area contributed by atoms with Gasteiger partial charge in [0.25, 0.3) is 0 Å². The fourth-order valence-electron chi connectivity index (χ4n) is 4.29. The summed E-state index contributed by atoms with van der Waals surface area (Å²) in [5, 5.41) is 2.95. The Kier molecular flexibility index (Phi) is 10.2. The number of amides is 2. The number of urea groups is 1. The number of rotatable bonds is 8. The van der Waals surface area contributed by atoms with E-state index in [9.17, 15) is 4.79 Å². The van der Waals surface area contributed by atoms with Gasteiger partial charge in [-0.2, -0.15) is 0 Å². The first-order valence-electron chi connectivity index (χ1n) is 10.4. The second kappa shape index (κ2) is 12.3. The summed E-state index contributed by atoms with van der Waals surface area (Å²) in [7, 11) is 1.78. The Morgan fingerprint density at radius 3 is 2.68 bits per heavy atom. The number of hydrogen-bond donors (Lipinski definition) is 3. The largest absolute Gasteiger partial charge is 0.404 e. The highest BCUT2D eigenvalue weighted by Crippen LogP contribution is 2.31. The van der Waals surface area contributed by atoms with Gasteiger partial charge in [0.15, 0.2) is 0 Å². The predicted octanol–water partition coefficient (Wildman–Crippen LogP) is 2.54. The number of nitrogens with zero attached hydrogens (tertiary/aromatic N) is 2. The maximum atomic E-state index is 12.5. The molecule has 2 rings (SSSR count). The van der Waals surface area contributed by atoms with Gasteiger partial charge in [0.2, 0.25) is 0 Å². The van der Waals surface area contributed by atoms with E-state index in [-0.39, 0.29) is 24.2 Å². The first kappa shape index (κ1) is 23.0. The summed E-state index contributed by atoms with van der Waals surface area (Å²) >= 11 is 1.62. The molecule has 0 aromatic carbocycles. The van der Waals surface area contributed by atoms with E-state index in [2.05, 4.69) is 15.0 Å². The Morgan fingerprint density at radius 2 is 2.07 bits per heavy atom. The molecular weight excluding hydrogens is 374 g/mol. The average molecular weight is 412 g/mol. The highest BCUT2D eigenvalue weighted by atomic mass is 32.2. The van der Waals surface area contributed by atoms with Crippen molar-refractivity contribution in [3.8, 4) is 0 Å². The smallest absolute Gasteiger partial charge is 0.317 e. The molecule has 0 aromatic rings. The van der Waals surface area contributed by atoms with Crippen LogP contribution in [-0.4, -0.2) is 68.3 Å². The van der Waals surface area contributed by atoms with Crippen molar-refractivity contribution in [1.82, 2.24) is 14.9 Å². The molecule has 8 heteroatoms. The van der Waals surface area contributed by atoms with Crippen LogP contribution in [-0.2, 0) is 4.74 Å². The number of piperidine rings is 1. The molecule has 1 aliphatic carbocycles. The molecule has 1 heterocycles. The molecule has 2 amide bonds. The summed E-state index contributed by atoms with van der Waals surface area (Å²) in [6, 6.07) is 0.344. The van der Waals surface area contributed by atoms with Crippen molar-refractivity contribution in [1.29, 1.82) is 0 Å². The van der Waals surface area contributed by atoms with Crippen LogP contribution in [0, 0.1) is 5.92 Å². The molecule has 1 saturated carbocycles. The van der Waals surface area contributed by atoms with E-state index in [1.807, 2.05) is 24.3 Å². The fourth-order valence-corrected chi connectivity index (χ4v) is 4.87. The maximum absolute atomic E-state index is 12.5. The number of aliphatic imine (C=N–C) groups is 1. The Bertz CT molecular complexity index is 533. The van der Waals surface area contributed by atoms with Crippen LogP contribution in [0.1, 0.15) is 45.4 Å². The van der Waals surface area contributed by atoms with E-state index in [1.165, 1.54) is 0 Å². The number of carbonyl (C=O) groups excluding carboxylic acids is 1. The minimum absolute atomic E-state index is 0.0176. The Labute approximate surface area is 174 Å². The first-order chi connectivity index (χ1) is 13.6. The van der Waals surface area contributed by atoms with Gasteiger partial charge in [-0.15, -0.1) is 0 Å². The van der Waals surface area contributed by atoms with Gasteiger partial charge in [0.1, 0.15) is 0 Å². The Morgan fingerprint density at radius 1 is 1.32 bits per heavy atom. The van der Waals surface area contributed by atoms with Gasteiger partial charge in [-0.1, -0.05) is 11.9 Å². The number of nitrogens with two attached hydrogens (primary N) is 1. The standard InChI is InChI=1S/C20H37N5O2S/c1-4-23-20(26)25-11-5-6-18(24-28-3)19(25)14-27-17-9-7-15(8-10-17)16(12-21)13-22-2/h12-13,15,17-19,24H,4-11,14,21H2,1-3H3,(H,23,26)/t15?,17?,18?,19-/m0/s1. The van der Waals surface area contributed by atoms with Crippen LogP contribution in [0.15, 0.2) is 16.8 Å². The maximum Gasteiger partial charge on any atom is 0.317 e. The van der Waals surface area contributed by atoms with Gasteiger partial charge in [-0.3, -0.25) is 9.71 Å². The highest BCUT2D eigenvalue weighted by molar-refractivity contribution is 7.96. The third-order valence-corrected chi connectivity index (χ3v) is 6.29. The Hall–Kier alpha value is -1.25. The molecule has 28 heavy (non-hydrogen) atoms. The lowest BCUT2D eigenvalue weighted by Crippen LogP contribution is -2.59. The van der Waals surface area contributed by atoms with E-state index < -0.39 is 0 Å². The lowest BCUT2D eigenvalue weighted by atomic mass is 9.83. The van der Waals surface area contributed by atoms with Gasteiger partial charge in [-0.25, -0.2) is 4.79 Å². The van der Waals surface area contributed by atoms with Gasteiger partial charge in [-0.05, 0) is 69.4 Å². The monoisotopic (exact) mass is 411 g/mol. The van der Waals surface area contributed by atoms with Crippen molar-refractivity contribution in [2.75, 3.05) is 33.0 Å². The average Bonchev–Trinajstić information content (AvgIpc) is 2.72. The van der Waals surface area contributed by atoms with E-state index in [4.69, 9.17) is 10.5 Å². The van der Waals surface area contributed by atoms with Crippen LogP contribution in [0.5, 0.6) is 0 Å². The molecule has 2 aliphatic rings. The minimum Gasteiger partial charge on any atom is -0.404 e. The van der Waals surface area contributed by atoms with Crippen molar-refractivity contribution in [2.24, 2.45) is 16.6 Å². The fraction of sp³-hybridized carbons (Fsp3) is 0.800. The number of nitrogens with one attached hydrogen (secondary N) is 2. The van der Waals surface area contributed by atoms with Crippen LogP contribution >= 0.6 is 11.9 Å². The van der Waals surface area contributed by atoms with Gasteiger partial charge >= 0.3 is 6.03 Å². The normalized spacial score (nSPS) is 29.2. The van der Waals surface area contributed by atoms with Crippen LogP contribution in [0.2, 0.25) is 0 Å². The topological polar surface area (TPSA) is 92.0 Å². The number of hydrogen-bond acceptors (Lipinski definition) is 6. The molecule has 0 aromatic heterocycles. The summed E-state index contributed by atoms with van der Waals surface area (Å²) in [5.41, 5.74) is 6.88. The molecule has 0 spiro atoms. The predicted molar refractivity (Wildman–Crippen MR) is 118 cm³/mol. The third-order valence-electron chi connectivity index (χ3n) is 5.76. The third kappa shape index (κ3) is 6.39. The van der Waals surface area contributed by atoms with Gasteiger partial charge < -0.3 is 20.7 Å². The summed E-state index contributed by atoms with van der Waals surface area (Å²) < 4.78 is 9.80. The van der Waals surface area contributed by atoms with E-state index in [1.54, 1.807) is 25.2 Å². The quantitative estimate of drug-likeness (QED) is 0.422. The molecule has 7 nitrogen and oxygen atoms in total. The number of carbonyl (C=O) groups is 1. The molecule has 0 bridgehead atoms. The number of ether oxygens (including phenoxy) is 1. The van der Waals surface area contributed by atoms with E-state index in [0.717, 1.165) is 50.6 Å². The molecule has 2 atom stereocenters. The molecule has 4 N–H and O–H groups in total. The number of likely N-dealkylation sites (tertiary alicyclic amines) is 1. The zero-order valence-electron chi connectivity index (χ0n) is 17.5. The minimum atomic E-state index is 0.0176. The summed E-state index contributed by atoms with van der Waals surface area (Å²) in [6.07, 6.45) is 12.1. The van der Waals surface area contributed by atoms with Gasteiger partial charge in [0.05, 0.1) is 18.8 Å². The van der Waals surface area contributed by atoms with E-state index >= 15 is 0 Å². The van der Waals surface area contributed by atoms with Crippen molar-refractivity contribution >= 4 is 24.2 Å². The van der Waals surface area contributed by atoms with Crippen LogP contribution in [0.3, 0.4) is 0 Å². The SMILES string of the molecule is CCNC(=O)N1CCCC(NSC)[C@@H]1COC1CCC(C(C=NC)=CN)CC1. The van der Waals surface area contributed by atoms with Crippen LogP contribution in [0.25, 0.3) is 0 Å². The first-order valence-corrected chi connectivity index (χ1v) is 11.7. The zero-order chi connectivity index (χ0) is 20.4. The molecule has 1 saturated heterocycles. The van der Waals surface area contributed by atoms with Gasteiger partial charge in [0, 0.05) is 32.4 Å². The molecule has 1 unspecified atom stereocenters. The second-order valence-corrected chi connectivity index (χ2v) is 8.17. The van der Waals surface area contributed by atoms with Crippen LogP contribution in [0.4, 0.5) is 4.79 Å². The summed E-state index contributed by atoms with van der Waals surface area (Å²) in [6.45, 7) is 3.98. The summed E-state index contributed by atoms with van der Waals surface area (Å²) in [4.78, 5) is 18.6. The lowest BCUT2D eigenvalue weighted by Gasteiger charge is -2.42. The molecule has 2 fully saturated rings. The summed E-state index contributed by atoms with van der Waals surface area (Å²) in [5.74, 6) is 0.473. The van der Waals surface area contributed by atoms with Crippen molar-refractivity contribution in [3.63, 3.8) is 0 Å². The van der Waals surface area contributed by atoms with Crippen molar-refractivity contribution in [3.05, 3.63) is 11.8 Å². The lowest BCUT2D eigenvalue weighted by molar-refractivity contribution is -0.0188. The highest BCUT2D eigenvalue weighted by Gasteiger charge is 2.35. The Balaban J connectivity index is 1.91. The van der Waals surface area contributed by atoms with Crippen LogP contribution < -0.4 is 15.8 Å². The van der Waals surface area contributed by atoms with Crippen molar-refractivity contribution < 1.29 is 9.53 Å². The molecule has 1 aliphatic heterocycles. The molecule has 0 radical (unpaired) electrons.